The Morgan fingerprint density at radius 3 is 2.62 bits per heavy atom. The number of hydrogen-bond donors (Lipinski definition) is 3. The fraction of sp³-hybridized carbons (Fsp3) is 0.222. The van der Waals surface area contributed by atoms with Crippen molar-refractivity contribution in [1.29, 1.82) is 0 Å². The molecule has 0 fully saturated rings. The first-order valence-electron chi connectivity index (χ1n) is 8.47. The maximum Gasteiger partial charge on any atom is 0.417 e. The smallest absolute Gasteiger partial charge is 0.327 e. The predicted octanol–water partition coefficient (Wildman–Crippen LogP) is 3.65. The molecule has 0 aliphatic heterocycles. The number of alkyl halides is 3. The zero-order chi connectivity index (χ0) is 21.2. The van der Waals surface area contributed by atoms with E-state index in [1.54, 1.807) is 4.57 Å². The van der Waals surface area contributed by atoms with Gasteiger partial charge in [-0.25, -0.2) is 0 Å². The molecule has 0 atom stereocenters. The number of aryl methyl sites for hydroxylation is 1. The third kappa shape index (κ3) is 4.80. The van der Waals surface area contributed by atoms with Crippen molar-refractivity contribution in [2.45, 2.75) is 26.1 Å². The quantitative estimate of drug-likeness (QED) is 0.546. The Morgan fingerprint density at radius 1 is 1.28 bits per heavy atom. The monoisotopic (exact) mass is 423 g/mol. The Balaban J connectivity index is 1.74. The molecule has 1 amide bonds. The van der Waals surface area contributed by atoms with Gasteiger partial charge < -0.3 is 10.3 Å². The molecule has 0 aliphatic rings. The lowest BCUT2D eigenvalue weighted by atomic mass is 10.1. The number of hydrogen-bond acceptors (Lipinski definition) is 4. The second kappa shape index (κ2) is 8.03. The number of nitrogens with one attached hydrogen (secondary N) is 3. The van der Waals surface area contributed by atoms with Crippen molar-refractivity contribution in [3.8, 4) is 11.4 Å². The van der Waals surface area contributed by atoms with E-state index in [0.29, 0.717) is 22.9 Å². The minimum atomic E-state index is -4.64. The van der Waals surface area contributed by atoms with Gasteiger partial charge in [-0.2, -0.15) is 18.3 Å². The van der Waals surface area contributed by atoms with Gasteiger partial charge in [0.05, 0.1) is 5.56 Å². The van der Waals surface area contributed by atoms with E-state index in [-0.39, 0.29) is 13.0 Å². The van der Waals surface area contributed by atoms with E-state index in [2.05, 4.69) is 15.5 Å². The average Bonchev–Trinajstić information content (AvgIpc) is 3.02. The second-order valence-corrected chi connectivity index (χ2v) is 6.68. The molecule has 3 aromatic rings. The summed E-state index contributed by atoms with van der Waals surface area (Å²) in [6.07, 6.45) is -4.21. The lowest BCUT2D eigenvalue weighted by molar-refractivity contribution is -0.137. The van der Waals surface area contributed by atoms with Crippen LogP contribution in [0.15, 0.2) is 41.3 Å². The molecule has 29 heavy (non-hydrogen) atoms. The molecule has 2 heterocycles. The number of rotatable bonds is 5. The Morgan fingerprint density at radius 2 is 1.97 bits per heavy atom. The molecule has 1 aromatic carbocycles. The Labute approximate surface area is 167 Å². The molecular weight excluding hydrogens is 407 g/mol. The number of aromatic nitrogens is 4. The van der Waals surface area contributed by atoms with Gasteiger partial charge in [0.1, 0.15) is 5.69 Å². The third-order valence-electron chi connectivity index (χ3n) is 4.14. The first kappa shape index (κ1) is 20.5. The number of carbonyl (C=O) groups excluding carboxylic acids is 1. The van der Waals surface area contributed by atoms with E-state index >= 15 is 0 Å². The summed E-state index contributed by atoms with van der Waals surface area (Å²) in [5.74, 6) is -0.104. The number of amides is 1. The summed E-state index contributed by atoms with van der Waals surface area (Å²) >= 11 is 5.19. The van der Waals surface area contributed by atoms with Gasteiger partial charge in [-0.1, -0.05) is 29.8 Å². The first-order chi connectivity index (χ1) is 13.6. The van der Waals surface area contributed by atoms with Gasteiger partial charge in [0.15, 0.2) is 10.6 Å². The Hall–Kier alpha value is -3.21. The zero-order valence-electron chi connectivity index (χ0n) is 15.1. The minimum absolute atomic E-state index is 0.123. The number of anilines is 1. The van der Waals surface area contributed by atoms with E-state index in [4.69, 9.17) is 12.2 Å². The van der Waals surface area contributed by atoms with E-state index in [9.17, 15) is 22.8 Å². The molecule has 0 unspecified atom stereocenters. The van der Waals surface area contributed by atoms with Crippen molar-refractivity contribution in [1.82, 2.24) is 19.7 Å². The van der Waals surface area contributed by atoms with Crippen LogP contribution >= 0.6 is 12.2 Å². The van der Waals surface area contributed by atoms with Crippen molar-refractivity contribution >= 4 is 23.8 Å². The van der Waals surface area contributed by atoms with Crippen LogP contribution in [0.5, 0.6) is 0 Å². The number of halogens is 3. The molecule has 0 spiro atoms. The summed E-state index contributed by atoms with van der Waals surface area (Å²) in [6.45, 7) is 2.07. The van der Waals surface area contributed by atoms with E-state index < -0.39 is 28.9 Å². The number of pyridine rings is 1. The summed E-state index contributed by atoms with van der Waals surface area (Å²) in [5.41, 5.74) is -0.505. The Kier molecular flexibility index (Phi) is 5.69. The van der Waals surface area contributed by atoms with E-state index in [1.165, 1.54) is 0 Å². The fourth-order valence-corrected chi connectivity index (χ4v) is 2.84. The molecule has 0 saturated carbocycles. The molecule has 152 valence electrons. The molecule has 0 aliphatic carbocycles. The maximum absolute atomic E-state index is 12.8. The molecule has 0 bridgehead atoms. The molecule has 7 nitrogen and oxygen atoms in total. The summed E-state index contributed by atoms with van der Waals surface area (Å²) in [5, 5.41) is 9.04. The number of benzene rings is 1. The minimum Gasteiger partial charge on any atom is -0.327 e. The fourth-order valence-electron chi connectivity index (χ4n) is 2.61. The SMILES string of the molecule is Cc1ccc(-c2n[nH]c(=S)n2CCC(=O)Nc2cc(C(F)(F)F)c[nH]c2=O)cc1. The molecule has 2 aromatic heterocycles. The van der Waals surface area contributed by atoms with Gasteiger partial charge in [0, 0.05) is 24.7 Å². The molecular formula is C18H16F3N5O2S. The van der Waals surface area contributed by atoms with Crippen LogP contribution in [0.1, 0.15) is 17.5 Å². The third-order valence-corrected chi connectivity index (χ3v) is 4.45. The molecule has 3 N–H and O–H groups in total. The predicted molar refractivity (Wildman–Crippen MR) is 103 cm³/mol. The standard InChI is InChI=1S/C18H16F3N5O2S/c1-10-2-4-11(5-3-10)15-24-25-17(29)26(15)7-6-14(27)23-13-8-12(18(19,20)21)9-22-16(13)28/h2-5,8-9H,6-7H2,1H3,(H,22,28)(H,23,27)(H,25,29). The molecule has 0 radical (unpaired) electrons. The summed E-state index contributed by atoms with van der Waals surface area (Å²) < 4.78 is 40.3. The number of aromatic amines is 2. The average molecular weight is 423 g/mol. The summed E-state index contributed by atoms with van der Waals surface area (Å²) in [6, 6.07) is 8.13. The van der Waals surface area contributed by atoms with Gasteiger partial charge in [-0.15, -0.1) is 0 Å². The van der Waals surface area contributed by atoms with E-state index in [1.807, 2.05) is 36.2 Å². The highest BCUT2D eigenvalue weighted by atomic mass is 32.1. The lowest BCUT2D eigenvalue weighted by Crippen LogP contribution is -2.22. The largest absolute Gasteiger partial charge is 0.417 e. The summed E-state index contributed by atoms with van der Waals surface area (Å²) in [4.78, 5) is 25.9. The van der Waals surface area contributed by atoms with Crippen molar-refractivity contribution in [2.24, 2.45) is 0 Å². The molecule has 3 rings (SSSR count). The summed E-state index contributed by atoms with van der Waals surface area (Å²) in [7, 11) is 0. The molecule has 11 heteroatoms. The van der Waals surface area contributed by atoms with Crippen LogP contribution < -0.4 is 10.9 Å². The van der Waals surface area contributed by atoms with Gasteiger partial charge in [-0.3, -0.25) is 19.3 Å². The Bertz CT molecular complexity index is 1150. The van der Waals surface area contributed by atoms with Crippen molar-refractivity contribution in [2.75, 3.05) is 5.32 Å². The highest BCUT2D eigenvalue weighted by Crippen LogP contribution is 2.29. The first-order valence-corrected chi connectivity index (χ1v) is 8.88. The topological polar surface area (TPSA) is 95.6 Å². The van der Waals surface area contributed by atoms with Crippen molar-refractivity contribution in [3.05, 3.63) is 62.8 Å². The number of carbonyl (C=O) groups is 1. The highest BCUT2D eigenvalue weighted by molar-refractivity contribution is 7.71. The van der Waals surface area contributed by atoms with Crippen LogP contribution in [0.2, 0.25) is 0 Å². The van der Waals surface area contributed by atoms with E-state index in [0.717, 1.165) is 11.1 Å². The van der Waals surface area contributed by atoms with Gasteiger partial charge >= 0.3 is 6.18 Å². The number of H-pyrrole nitrogens is 2. The molecule has 0 saturated heterocycles. The zero-order valence-corrected chi connectivity index (χ0v) is 15.9. The van der Waals surface area contributed by atoms with Gasteiger partial charge in [0.25, 0.3) is 5.56 Å². The highest BCUT2D eigenvalue weighted by Gasteiger charge is 2.31. The normalized spacial score (nSPS) is 11.4. The second-order valence-electron chi connectivity index (χ2n) is 6.30. The number of nitrogens with zero attached hydrogens (tertiary/aromatic N) is 2. The van der Waals surface area contributed by atoms with Crippen LogP contribution in [-0.2, 0) is 17.5 Å². The van der Waals surface area contributed by atoms with Crippen LogP contribution in [0.4, 0.5) is 18.9 Å². The maximum atomic E-state index is 12.8. The van der Waals surface area contributed by atoms with Crippen molar-refractivity contribution < 1.29 is 18.0 Å². The van der Waals surface area contributed by atoms with Gasteiger partial charge in [-0.05, 0) is 25.2 Å². The van der Waals surface area contributed by atoms with Crippen LogP contribution in [0.3, 0.4) is 0 Å². The van der Waals surface area contributed by atoms with Crippen LogP contribution in [0.25, 0.3) is 11.4 Å². The lowest BCUT2D eigenvalue weighted by Gasteiger charge is -2.10. The van der Waals surface area contributed by atoms with Crippen LogP contribution in [-0.4, -0.2) is 25.7 Å². The van der Waals surface area contributed by atoms with Crippen LogP contribution in [0, 0.1) is 11.7 Å². The van der Waals surface area contributed by atoms with Crippen molar-refractivity contribution in [3.63, 3.8) is 0 Å². The van der Waals surface area contributed by atoms with Gasteiger partial charge in [0.2, 0.25) is 5.91 Å².